The first-order chi connectivity index (χ1) is 13.7. The lowest BCUT2D eigenvalue weighted by atomic mass is 9.99. The maximum absolute atomic E-state index is 12.5. The highest BCUT2D eigenvalue weighted by Gasteiger charge is 2.30. The Labute approximate surface area is 174 Å². The summed E-state index contributed by atoms with van der Waals surface area (Å²) in [5.74, 6) is -0.0658. The predicted molar refractivity (Wildman–Crippen MR) is 109 cm³/mol. The van der Waals surface area contributed by atoms with E-state index in [1.54, 1.807) is 19.2 Å². The minimum absolute atomic E-state index is 0.191. The summed E-state index contributed by atoms with van der Waals surface area (Å²) in [6.07, 6.45) is 2.60. The van der Waals surface area contributed by atoms with E-state index in [1.165, 1.54) is 15.1 Å². The highest BCUT2D eigenvalue weighted by molar-refractivity contribution is 7.88. The Morgan fingerprint density at radius 3 is 2.76 bits per heavy atom. The summed E-state index contributed by atoms with van der Waals surface area (Å²) < 4.78 is 27.6. The molecule has 158 valence electrons. The smallest absolute Gasteiger partial charge is 0.346 e. The molecule has 1 aliphatic rings. The number of nitrogens with zero attached hydrogens (tertiary/aromatic N) is 4. The van der Waals surface area contributed by atoms with Gasteiger partial charge >= 0.3 is 5.69 Å². The van der Waals surface area contributed by atoms with Crippen molar-refractivity contribution in [3.63, 3.8) is 0 Å². The lowest BCUT2D eigenvalue weighted by molar-refractivity contribution is -0.122. The van der Waals surface area contributed by atoms with Gasteiger partial charge in [0.15, 0.2) is 0 Å². The van der Waals surface area contributed by atoms with Crippen LogP contribution in [-0.4, -0.2) is 52.3 Å². The Morgan fingerprint density at radius 2 is 2.07 bits per heavy atom. The van der Waals surface area contributed by atoms with E-state index < -0.39 is 15.7 Å². The van der Waals surface area contributed by atoms with E-state index in [1.807, 2.05) is 12.1 Å². The van der Waals surface area contributed by atoms with Gasteiger partial charge in [-0.25, -0.2) is 22.2 Å². The third kappa shape index (κ3) is 5.06. The SMILES string of the molecule is Cn1c(C2CCCN(S(C)(=O)=O)C2)nn(CC(=O)NCc2ccccc2Cl)c1=O. The number of aromatic nitrogens is 3. The summed E-state index contributed by atoms with van der Waals surface area (Å²) in [6, 6.07) is 7.18. The second-order valence-corrected chi connectivity index (χ2v) is 9.58. The fraction of sp³-hybridized carbons (Fsp3) is 0.500. The topological polar surface area (TPSA) is 106 Å². The summed E-state index contributed by atoms with van der Waals surface area (Å²) in [5.41, 5.74) is 0.365. The fourth-order valence-corrected chi connectivity index (χ4v) is 4.56. The molecule has 1 amide bonds. The molecule has 29 heavy (non-hydrogen) atoms. The largest absolute Gasteiger partial charge is 0.350 e. The molecule has 1 aromatic heterocycles. The van der Waals surface area contributed by atoms with Gasteiger partial charge in [0.25, 0.3) is 0 Å². The molecule has 11 heteroatoms. The van der Waals surface area contributed by atoms with Gasteiger partial charge in [-0.1, -0.05) is 29.8 Å². The minimum atomic E-state index is -3.30. The monoisotopic (exact) mass is 441 g/mol. The number of hydrogen-bond donors (Lipinski definition) is 1. The Hall–Kier alpha value is -2.17. The number of carbonyl (C=O) groups is 1. The molecule has 1 N–H and O–H groups in total. The van der Waals surface area contributed by atoms with Crippen LogP contribution in [0.2, 0.25) is 5.02 Å². The molecular weight excluding hydrogens is 418 g/mol. The number of halogens is 1. The molecule has 0 bridgehead atoms. The van der Waals surface area contributed by atoms with Crippen LogP contribution in [0.25, 0.3) is 0 Å². The summed E-state index contributed by atoms with van der Waals surface area (Å²) in [5, 5.41) is 7.61. The first-order valence-electron chi connectivity index (χ1n) is 9.25. The van der Waals surface area contributed by atoms with Crippen molar-refractivity contribution in [1.82, 2.24) is 24.0 Å². The third-order valence-electron chi connectivity index (χ3n) is 5.02. The highest BCUT2D eigenvalue weighted by atomic mass is 35.5. The van der Waals surface area contributed by atoms with Crippen LogP contribution in [0.3, 0.4) is 0 Å². The lowest BCUT2D eigenvalue weighted by Crippen LogP contribution is -2.39. The normalized spacial score (nSPS) is 18.0. The van der Waals surface area contributed by atoms with Crippen molar-refractivity contribution in [2.75, 3.05) is 19.3 Å². The van der Waals surface area contributed by atoms with E-state index in [0.29, 0.717) is 23.8 Å². The minimum Gasteiger partial charge on any atom is -0.350 e. The molecule has 2 heterocycles. The van der Waals surface area contributed by atoms with Crippen molar-refractivity contribution in [1.29, 1.82) is 0 Å². The standard InChI is InChI=1S/C18H24ClN5O4S/c1-22-17(14-7-5-9-23(11-14)29(2,27)28)21-24(18(22)26)12-16(25)20-10-13-6-3-4-8-15(13)19/h3-4,6,8,14H,5,7,9-12H2,1-2H3,(H,20,25). The Kier molecular flexibility index (Phi) is 6.45. The van der Waals surface area contributed by atoms with Crippen molar-refractivity contribution >= 4 is 27.5 Å². The van der Waals surface area contributed by atoms with Gasteiger partial charge in [-0.3, -0.25) is 9.36 Å². The zero-order chi connectivity index (χ0) is 21.2. The van der Waals surface area contributed by atoms with E-state index in [-0.39, 0.29) is 31.5 Å². The number of amides is 1. The van der Waals surface area contributed by atoms with Gasteiger partial charge in [-0.05, 0) is 24.5 Å². The van der Waals surface area contributed by atoms with Gasteiger partial charge in [0.2, 0.25) is 15.9 Å². The number of benzene rings is 1. The number of nitrogens with one attached hydrogen (secondary N) is 1. The van der Waals surface area contributed by atoms with Gasteiger partial charge < -0.3 is 5.32 Å². The van der Waals surface area contributed by atoms with Crippen molar-refractivity contribution in [3.05, 3.63) is 51.2 Å². The summed E-state index contributed by atoms with van der Waals surface area (Å²) >= 11 is 6.08. The zero-order valence-corrected chi connectivity index (χ0v) is 17.9. The van der Waals surface area contributed by atoms with Crippen LogP contribution >= 0.6 is 11.6 Å². The maximum atomic E-state index is 12.5. The van der Waals surface area contributed by atoms with E-state index in [9.17, 15) is 18.0 Å². The van der Waals surface area contributed by atoms with Crippen LogP contribution in [0.4, 0.5) is 0 Å². The van der Waals surface area contributed by atoms with Crippen molar-refractivity contribution < 1.29 is 13.2 Å². The summed E-state index contributed by atoms with van der Waals surface area (Å²) in [6.45, 7) is 0.773. The first-order valence-corrected chi connectivity index (χ1v) is 11.5. The molecule has 1 saturated heterocycles. The Morgan fingerprint density at radius 1 is 1.34 bits per heavy atom. The number of sulfonamides is 1. The van der Waals surface area contributed by atoms with Crippen LogP contribution in [0.5, 0.6) is 0 Å². The molecule has 1 aliphatic heterocycles. The zero-order valence-electron chi connectivity index (χ0n) is 16.3. The molecule has 0 aliphatic carbocycles. The van der Waals surface area contributed by atoms with Crippen LogP contribution in [0.1, 0.15) is 30.1 Å². The highest BCUT2D eigenvalue weighted by Crippen LogP contribution is 2.26. The first kappa shape index (κ1) is 21.5. The second-order valence-electron chi connectivity index (χ2n) is 7.19. The molecule has 0 radical (unpaired) electrons. The summed E-state index contributed by atoms with van der Waals surface area (Å²) in [4.78, 5) is 24.8. The van der Waals surface area contributed by atoms with Gasteiger partial charge in [0, 0.05) is 37.6 Å². The molecule has 2 aromatic rings. The number of rotatable bonds is 6. The van der Waals surface area contributed by atoms with E-state index in [0.717, 1.165) is 16.7 Å². The van der Waals surface area contributed by atoms with E-state index >= 15 is 0 Å². The third-order valence-corrected chi connectivity index (χ3v) is 6.66. The van der Waals surface area contributed by atoms with Gasteiger partial charge in [-0.15, -0.1) is 0 Å². The van der Waals surface area contributed by atoms with Crippen molar-refractivity contribution in [2.24, 2.45) is 7.05 Å². The van der Waals surface area contributed by atoms with Gasteiger partial charge in [-0.2, -0.15) is 5.10 Å². The number of carbonyl (C=O) groups excluding carboxylic acids is 1. The number of hydrogen-bond acceptors (Lipinski definition) is 5. The maximum Gasteiger partial charge on any atom is 0.346 e. The van der Waals surface area contributed by atoms with Crippen molar-refractivity contribution in [2.45, 2.75) is 31.8 Å². The molecule has 0 spiro atoms. The van der Waals surface area contributed by atoms with Crippen molar-refractivity contribution in [3.8, 4) is 0 Å². The van der Waals surface area contributed by atoms with Crippen LogP contribution in [-0.2, 0) is 35.0 Å². The van der Waals surface area contributed by atoms with E-state index in [4.69, 9.17) is 11.6 Å². The van der Waals surface area contributed by atoms with Crippen LogP contribution in [0.15, 0.2) is 29.1 Å². The fourth-order valence-electron chi connectivity index (χ4n) is 3.45. The molecule has 1 unspecified atom stereocenters. The average Bonchev–Trinajstić information content (AvgIpc) is 2.95. The van der Waals surface area contributed by atoms with Gasteiger partial charge in [0.1, 0.15) is 12.4 Å². The van der Waals surface area contributed by atoms with Crippen LogP contribution < -0.4 is 11.0 Å². The molecule has 1 aromatic carbocycles. The molecule has 1 atom stereocenters. The second kappa shape index (κ2) is 8.68. The molecule has 0 saturated carbocycles. The number of piperidine rings is 1. The molecule has 3 rings (SSSR count). The van der Waals surface area contributed by atoms with Crippen LogP contribution in [0, 0.1) is 0 Å². The molecular formula is C18H24ClN5O4S. The molecule has 9 nitrogen and oxygen atoms in total. The average molecular weight is 442 g/mol. The lowest BCUT2D eigenvalue weighted by Gasteiger charge is -2.30. The summed E-state index contributed by atoms with van der Waals surface area (Å²) in [7, 11) is -1.72. The Balaban J connectivity index is 1.69. The van der Waals surface area contributed by atoms with Gasteiger partial charge in [0.05, 0.1) is 6.26 Å². The Bertz CT molecular complexity index is 1060. The predicted octanol–water partition coefficient (Wildman–Crippen LogP) is 0.691. The quantitative estimate of drug-likeness (QED) is 0.709. The van der Waals surface area contributed by atoms with E-state index in [2.05, 4.69) is 10.4 Å². The molecule has 1 fully saturated rings.